The van der Waals surface area contributed by atoms with Gasteiger partial charge in [0.15, 0.2) is 0 Å². The van der Waals surface area contributed by atoms with Crippen molar-refractivity contribution in [2.75, 3.05) is 18.8 Å². The first kappa shape index (κ1) is 12.8. The third kappa shape index (κ3) is 2.80. The Morgan fingerprint density at radius 1 is 1.47 bits per heavy atom. The standard InChI is InChI=1S/C11H19NO4S/c1-11(10(13)14)5-2-6-12(8-11)17(15,16)7-9-3-4-9/h9H,2-8H2,1H3,(H,13,14). The number of rotatable bonds is 4. The van der Waals surface area contributed by atoms with Crippen LogP contribution in [0.5, 0.6) is 0 Å². The molecule has 0 bridgehead atoms. The fourth-order valence-electron chi connectivity index (χ4n) is 2.29. The number of carboxylic acid groups (broad SMARTS) is 1. The minimum atomic E-state index is -3.25. The average molecular weight is 261 g/mol. The lowest BCUT2D eigenvalue weighted by Crippen LogP contribution is -2.49. The van der Waals surface area contributed by atoms with Crippen molar-refractivity contribution in [2.24, 2.45) is 11.3 Å². The second-order valence-electron chi connectivity index (χ2n) is 5.52. The number of carbonyl (C=O) groups is 1. The number of nitrogens with zero attached hydrogens (tertiary/aromatic N) is 1. The molecule has 1 saturated heterocycles. The normalized spacial score (nSPS) is 31.4. The Balaban J connectivity index is 2.08. The van der Waals surface area contributed by atoms with E-state index in [1.165, 1.54) is 4.31 Å². The molecule has 1 N–H and O–H groups in total. The van der Waals surface area contributed by atoms with E-state index in [0.717, 1.165) is 12.8 Å². The molecule has 17 heavy (non-hydrogen) atoms. The van der Waals surface area contributed by atoms with Gasteiger partial charge >= 0.3 is 5.97 Å². The van der Waals surface area contributed by atoms with E-state index in [1.54, 1.807) is 6.92 Å². The van der Waals surface area contributed by atoms with Gasteiger partial charge in [-0.05, 0) is 38.5 Å². The summed E-state index contributed by atoms with van der Waals surface area (Å²) in [6.45, 7) is 2.23. The van der Waals surface area contributed by atoms with Crippen LogP contribution in [0.15, 0.2) is 0 Å². The van der Waals surface area contributed by atoms with E-state index < -0.39 is 21.4 Å². The summed E-state index contributed by atoms with van der Waals surface area (Å²) >= 11 is 0. The smallest absolute Gasteiger partial charge is 0.310 e. The van der Waals surface area contributed by atoms with Gasteiger partial charge in [0.05, 0.1) is 11.2 Å². The molecule has 98 valence electrons. The van der Waals surface area contributed by atoms with Crippen molar-refractivity contribution in [1.29, 1.82) is 0 Å². The van der Waals surface area contributed by atoms with Crippen LogP contribution in [0.1, 0.15) is 32.6 Å². The second kappa shape index (κ2) is 4.24. The molecule has 0 aromatic carbocycles. The minimum absolute atomic E-state index is 0.122. The first-order valence-corrected chi connectivity index (χ1v) is 7.66. The van der Waals surface area contributed by atoms with Crippen molar-refractivity contribution >= 4 is 16.0 Å². The first-order chi connectivity index (χ1) is 7.83. The Morgan fingerprint density at radius 3 is 2.65 bits per heavy atom. The van der Waals surface area contributed by atoms with E-state index in [-0.39, 0.29) is 12.3 Å². The van der Waals surface area contributed by atoms with Crippen LogP contribution >= 0.6 is 0 Å². The summed E-state index contributed by atoms with van der Waals surface area (Å²) in [5.74, 6) is -0.398. The van der Waals surface area contributed by atoms with Gasteiger partial charge in [-0.1, -0.05) is 0 Å². The SMILES string of the molecule is CC1(C(=O)O)CCCN(S(=O)(=O)CC2CC2)C1. The highest BCUT2D eigenvalue weighted by molar-refractivity contribution is 7.89. The summed E-state index contributed by atoms with van der Waals surface area (Å²) in [5, 5.41) is 9.15. The van der Waals surface area contributed by atoms with Crippen molar-refractivity contribution in [3.05, 3.63) is 0 Å². The molecule has 0 radical (unpaired) electrons. The predicted octanol–water partition coefficient (Wildman–Crippen LogP) is 0.913. The molecule has 1 heterocycles. The molecule has 2 aliphatic rings. The molecular formula is C11H19NO4S. The summed E-state index contributed by atoms with van der Waals surface area (Å²) in [6.07, 6.45) is 3.16. The van der Waals surface area contributed by atoms with Crippen LogP contribution in [0.25, 0.3) is 0 Å². The summed E-state index contributed by atoms with van der Waals surface area (Å²) in [4.78, 5) is 11.2. The molecular weight excluding hydrogens is 242 g/mol. The zero-order valence-electron chi connectivity index (χ0n) is 10.1. The van der Waals surface area contributed by atoms with Crippen LogP contribution in [-0.4, -0.2) is 42.6 Å². The highest BCUT2D eigenvalue weighted by Crippen LogP contribution is 2.35. The van der Waals surface area contributed by atoms with Crippen molar-refractivity contribution < 1.29 is 18.3 Å². The van der Waals surface area contributed by atoms with Crippen LogP contribution in [0.3, 0.4) is 0 Å². The van der Waals surface area contributed by atoms with E-state index in [0.29, 0.717) is 25.3 Å². The molecule has 1 saturated carbocycles. The van der Waals surface area contributed by atoms with Crippen LogP contribution in [0.2, 0.25) is 0 Å². The topological polar surface area (TPSA) is 74.7 Å². The Hall–Kier alpha value is -0.620. The molecule has 2 fully saturated rings. The van der Waals surface area contributed by atoms with E-state index in [4.69, 9.17) is 5.11 Å². The van der Waals surface area contributed by atoms with Gasteiger partial charge in [-0.3, -0.25) is 4.79 Å². The maximum atomic E-state index is 12.1. The lowest BCUT2D eigenvalue weighted by atomic mass is 9.83. The summed E-state index contributed by atoms with van der Waals surface area (Å²) in [5.41, 5.74) is -0.922. The molecule has 1 unspecified atom stereocenters. The van der Waals surface area contributed by atoms with E-state index in [9.17, 15) is 13.2 Å². The fourth-order valence-corrected chi connectivity index (χ4v) is 4.32. The molecule has 1 atom stereocenters. The van der Waals surface area contributed by atoms with Gasteiger partial charge < -0.3 is 5.11 Å². The van der Waals surface area contributed by atoms with Gasteiger partial charge in [-0.2, -0.15) is 0 Å². The molecule has 2 rings (SSSR count). The molecule has 5 nitrogen and oxygen atoms in total. The Morgan fingerprint density at radius 2 is 2.12 bits per heavy atom. The van der Waals surface area contributed by atoms with Gasteiger partial charge in [0.1, 0.15) is 0 Å². The number of piperidine rings is 1. The molecule has 0 amide bonds. The third-order valence-electron chi connectivity index (χ3n) is 3.71. The van der Waals surface area contributed by atoms with E-state index in [2.05, 4.69) is 0 Å². The van der Waals surface area contributed by atoms with Crippen molar-refractivity contribution in [2.45, 2.75) is 32.6 Å². The predicted molar refractivity (Wildman–Crippen MR) is 63.1 cm³/mol. The van der Waals surface area contributed by atoms with Crippen molar-refractivity contribution in [1.82, 2.24) is 4.31 Å². The van der Waals surface area contributed by atoms with Crippen LogP contribution < -0.4 is 0 Å². The molecule has 1 aliphatic carbocycles. The van der Waals surface area contributed by atoms with Crippen molar-refractivity contribution in [3.8, 4) is 0 Å². The number of carboxylic acids is 1. The van der Waals surface area contributed by atoms with E-state index in [1.807, 2.05) is 0 Å². The molecule has 0 aromatic heterocycles. The fraction of sp³-hybridized carbons (Fsp3) is 0.909. The van der Waals surface area contributed by atoms with E-state index >= 15 is 0 Å². The summed E-state index contributed by atoms with van der Waals surface area (Å²) in [6, 6.07) is 0. The zero-order chi connectivity index (χ0) is 12.7. The highest BCUT2D eigenvalue weighted by atomic mass is 32.2. The number of aliphatic carboxylic acids is 1. The summed E-state index contributed by atoms with van der Waals surface area (Å²) in [7, 11) is -3.25. The molecule has 1 aliphatic heterocycles. The monoisotopic (exact) mass is 261 g/mol. The first-order valence-electron chi connectivity index (χ1n) is 6.05. The van der Waals surface area contributed by atoms with Crippen LogP contribution in [0, 0.1) is 11.3 Å². The maximum absolute atomic E-state index is 12.1. The van der Waals surface area contributed by atoms with Gasteiger partial charge in [0.25, 0.3) is 0 Å². The Labute approximate surface area is 102 Å². The molecule has 0 aromatic rings. The lowest BCUT2D eigenvalue weighted by molar-refractivity contribution is -0.150. The van der Waals surface area contributed by atoms with Crippen LogP contribution in [0.4, 0.5) is 0 Å². The Bertz CT molecular complexity index is 415. The summed E-state index contributed by atoms with van der Waals surface area (Å²) < 4.78 is 25.5. The quantitative estimate of drug-likeness (QED) is 0.816. The third-order valence-corrected chi connectivity index (χ3v) is 5.71. The van der Waals surface area contributed by atoms with Gasteiger partial charge in [-0.25, -0.2) is 12.7 Å². The zero-order valence-corrected chi connectivity index (χ0v) is 10.9. The second-order valence-corrected chi connectivity index (χ2v) is 7.54. The van der Waals surface area contributed by atoms with Gasteiger partial charge in [0.2, 0.25) is 10.0 Å². The van der Waals surface area contributed by atoms with Gasteiger partial charge in [-0.15, -0.1) is 0 Å². The number of hydrogen-bond acceptors (Lipinski definition) is 3. The minimum Gasteiger partial charge on any atom is -0.481 e. The average Bonchev–Trinajstić information content (AvgIpc) is 3.01. The van der Waals surface area contributed by atoms with Crippen LogP contribution in [-0.2, 0) is 14.8 Å². The lowest BCUT2D eigenvalue weighted by Gasteiger charge is -2.36. The van der Waals surface area contributed by atoms with Gasteiger partial charge in [0, 0.05) is 13.1 Å². The maximum Gasteiger partial charge on any atom is 0.310 e. The highest BCUT2D eigenvalue weighted by Gasteiger charge is 2.42. The molecule has 0 spiro atoms. The number of hydrogen-bond donors (Lipinski definition) is 1. The Kier molecular flexibility index (Phi) is 3.20. The largest absolute Gasteiger partial charge is 0.481 e. The molecule has 6 heteroatoms. The van der Waals surface area contributed by atoms with Crippen molar-refractivity contribution in [3.63, 3.8) is 0 Å². The number of sulfonamides is 1.